The van der Waals surface area contributed by atoms with Gasteiger partial charge in [0.1, 0.15) is 0 Å². The second-order valence-corrected chi connectivity index (χ2v) is 5.38. The number of hydrogen-bond donors (Lipinski definition) is 1. The van der Waals surface area contributed by atoms with Gasteiger partial charge in [0, 0.05) is 12.2 Å². The van der Waals surface area contributed by atoms with Crippen molar-refractivity contribution in [2.24, 2.45) is 0 Å². The summed E-state index contributed by atoms with van der Waals surface area (Å²) in [5, 5.41) is 4.58. The molecule has 3 heteroatoms. The second kappa shape index (κ2) is 8.54. The fourth-order valence-electron chi connectivity index (χ4n) is 1.73. The van der Waals surface area contributed by atoms with E-state index in [-0.39, 0.29) is 0 Å². The first kappa shape index (κ1) is 14.5. The first-order valence-corrected chi connectivity index (χ1v) is 7.58. The molecule has 0 amide bonds. The van der Waals surface area contributed by atoms with Crippen LogP contribution in [0.2, 0.25) is 0 Å². The highest BCUT2D eigenvalue weighted by atomic mass is 32.2. The highest BCUT2D eigenvalue weighted by Gasteiger charge is 2.05. The molecule has 1 heterocycles. The maximum Gasteiger partial charge on any atom is 0.0963 e. The summed E-state index contributed by atoms with van der Waals surface area (Å²) in [6.07, 6.45) is 5.81. The van der Waals surface area contributed by atoms with Gasteiger partial charge in [-0.15, -0.1) is 11.8 Å². The summed E-state index contributed by atoms with van der Waals surface area (Å²) in [4.78, 5) is 4.41. The van der Waals surface area contributed by atoms with Crippen LogP contribution >= 0.6 is 11.8 Å². The zero-order valence-electron chi connectivity index (χ0n) is 11.2. The van der Waals surface area contributed by atoms with E-state index in [9.17, 15) is 0 Å². The van der Waals surface area contributed by atoms with Crippen LogP contribution in [-0.2, 0) is 0 Å². The van der Waals surface area contributed by atoms with E-state index in [1.807, 2.05) is 18.0 Å². The van der Waals surface area contributed by atoms with Crippen molar-refractivity contribution in [2.75, 3.05) is 12.3 Å². The molecule has 96 valence electrons. The normalized spacial score (nSPS) is 12.6. The summed E-state index contributed by atoms with van der Waals surface area (Å²) >= 11 is 1.87. The van der Waals surface area contributed by atoms with E-state index in [1.54, 1.807) is 0 Å². The minimum absolute atomic E-state index is 0.415. The number of pyridine rings is 1. The van der Waals surface area contributed by atoms with Crippen molar-refractivity contribution in [3.63, 3.8) is 0 Å². The molecule has 1 atom stereocenters. The molecule has 0 spiro atoms. The predicted molar refractivity (Wildman–Crippen MR) is 76.6 cm³/mol. The first-order chi connectivity index (χ1) is 8.27. The molecule has 0 bridgehead atoms. The van der Waals surface area contributed by atoms with Gasteiger partial charge in [0.25, 0.3) is 0 Å². The van der Waals surface area contributed by atoms with Crippen LogP contribution in [0.5, 0.6) is 0 Å². The molecule has 0 aliphatic carbocycles. The molecule has 17 heavy (non-hydrogen) atoms. The van der Waals surface area contributed by atoms with Gasteiger partial charge in [0.2, 0.25) is 0 Å². The van der Waals surface area contributed by atoms with Gasteiger partial charge < -0.3 is 5.32 Å². The van der Waals surface area contributed by atoms with Crippen LogP contribution in [-0.4, -0.2) is 17.3 Å². The van der Waals surface area contributed by atoms with Crippen molar-refractivity contribution < 1.29 is 0 Å². The third-order valence-electron chi connectivity index (χ3n) is 2.77. The molecule has 0 aromatic carbocycles. The van der Waals surface area contributed by atoms with E-state index in [4.69, 9.17) is 0 Å². The van der Waals surface area contributed by atoms with E-state index in [1.165, 1.54) is 30.6 Å². The Morgan fingerprint density at radius 1 is 1.35 bits per heavy atom. The Bertz CT molecular complexity index is 315. The lowest BCUT2D eigenvalue weighted by Crippen LogP contribution is -2.17. The smallest absolute Gasteiger partial charge is 0.0963 e. The average Bonchev–Trinajstić information content (AvgIpc) is 2.35. The van der Waals surface area contributed by atoms with Crippen LogP contribution in [0.3, 0.4) is 0 Å². The first-order valence-electron chi connectivity index (χ1n) is 6.60. The highest BCUT2D eigenvalue weighted by molar-refractivity contribution is 7.99. The number of rotatable bonds is 8. The molecule has 0 saturated carbocycles. The summed E-state index contributed by atoms with van der Waals surface area (Å²) in [7, 11) is 0. The van der Waals surface area contributed by atoms with Gasteiger partial charge in [-0.1, -0.05) is 26.7 Å². The molecule has 0 fully saturated rings. The van der Waals surface area contributed by atoms with E-state index in [2.05, 4.69) is 43.2 Å². The van der Waals surface area contributed by atoms with Crippen LogP contribution in [0.15, 0.2) is 23.4 Å². The molecule has 1 unspecified atom stereocenters. The topological polar surface area (TPSA) is 24.9 Å². The van der Waals surface area contributed by atoms with Gasteiger partial charge in [0.05, 0.1) is 5.03 Å². The lowest BCUT2D eigenvalue weighted by atomic mass is 10.1. The van der Waals surface area contributed by atoms with Gasteiger partial charge in [-0.05, 0) is 43.3 Å². The number of nitrogens with one attached hydrogen (secondary N) is 1. The standard InChI is InChI=1S/C14H24N2S/c1-4-6-7-10-17-14-11-13(8-9-16-14)12(3)15-5-2/h8-9,11-12,15H,4-7,10H2,1-3H3. The van der Waals surface area contributed by atoms with Crippen LogP contribution in [0.25, 0.3) is 0 Å². The Hall–Kier alpha value is -0.540. The maximum atomic E-state index is 4.41. The monoisotopic (exact) mass is 252 g/mol. The fourth-order valence-corrected chi connectivity index (χ4v) is 2.64. The Morgan fingerprint density at radius 3 is 2.88 bits per heavy atom. The van der Waals surface area contributed by atoms with Crippen LogP contribution in [0, 0.1) is 0 Å². The van der Waals surface area contributed by atoms with E-state index >= 15 is 0 Å². The zero-order valence-corrected chi connectivity index (χ0v) is 12.0. The molecule has 1 aromatic heterocycles. The van der Waals surface area contributed by atoms with Crippen molar-refractivity contribution in [3.8, 4) is 0 Å². The molecule has 1 N–H and O–H groups in total. The Balaban J connectivity index is 2.47. The summed E-state index contributed by atoms with van der Waals surface area (Å²) in [5.41, 5.74) is 1.33. The second-order valence-electron chi connectivity index (χ2n) is 4.26. The number of aromatic nitrogens is 1. The molecule has 1 rings (SSSR count). The quantitative estimate of drug-likeness (QED) is 0.558. The average molecular weight is 252 g/mol. The third kappa shape index (κ3) is 5.55. The van der Waals surface area contributed by atoms with E-state index in [0.717, 1.165) is 11.6 Å². The van der Waals surface area contributed by atoms with Crippen molar-refractivity contribution >= 4 is 11.8 Å². The van der Waals surface area contributed by atoms with Crippen molar-refractivity contribution in [1.82, 2.24) is 10.3 Å². The van der Waals surface area contributed by atoms with Gasteiger partial charge in [0.15, 0.2) is 0 Å². The maximum absolute atomic E-state index is 4.41. The summed E-state index contributed by atoms with van der Waals surface area (Å²) in [6.45, 7) is 7.58. The summed E-state index contributed by atoms with van der Waals surface area (Å²) in [6, 6.07) is 4.73. The Morgan fingerprint density at radius 2 is 2.18 bits per heavy atom. The van der Waals surface area contributed by atoms with Crippen LogP contribution in [0.1, 0.15) is 51.6 Å². The zero-order chi connectivity index (χ0) is 12.5. The third-order valence-corrected chi connectivity index (χ3v) is 3.78. The Labute approximate surface area is 110 Å². The molecule has 1 aromatic rings. The van der Waals surface area contributed by atoms with Crippen molar-refractivity contribution in [2.45, 2.75) is 51.1 Å². The van der Waals surface area contributed by atoms with Crippen LogP contribution in [0.4, 0.5) is 0 Å². The van der Waals surface area contributed by atoms with Gasteiger partial charge >= 0.3 is 0 Å². The van der Waals surface area contributed by atoms with Gasteiger partial charge in [-0.2, -0.15) is 0 Å². The largest absolute Gasteiger partial charge is 0.310 e. The molecular formula is C14H24N2S. The SMILES string of the molecule is CCCCCSc1cc(C(C)NCC)ccn1. The fraction of sp³-hybridized carbons (Fsp3) is 0.643. The molecule has 0 aliphatic rings. The predicted octanol–water partition coefficient (Wildman–Crippen LogP) is 4.03. The van der Waals surface area contributed by atoms with Gasteiger partial charge in [-0.3, -0.25) is 0 Å². The Kier molecular flexibility index (Phi) is 7.29. The van der Waals surface area contributed by atoms with Gasteiger partial charge in [-0.25, -0.2) is 4.98 Å². The lowest BCUT2D eigenvalue weighted by molar-refractivity contribution is 0.596. The minimum Gasteiger partial charge on any atom is -0.310 e. The van der Waals surface area contributed by atoms with Crippen molar-refractivity contribution in [3.05, 3.63) is 23.9 Å². The number of thioether (sulfide) groups is 1. The van der Waals surface area contributed by atoms with E-state index in [0.29, 0.717) is 6.04 Å². The minimum atomic E-state index is 0.415. The number of unbranched alkanes of at least 4 members (excludes halogenated alkanes) is 2. The molecule has 0 aliphatic heterocycles. The number of nitrogens with zero attached hydrogens (tertiary/aromatic N) is 1. The molecular weight excluding hydrogens is 228 g/mol. The summed E-state index contributed by atoms with van der Waals surface area (Å²) in [5.74, 6) is 1.18. The molecule has 0 saturated heterocycles. The summed E-state index contributed by atoms with van der Waals surface area (Å²) < 4.78 is 0. The molecule has 2 nitrogen and oxygen atoms in total. The number of hydrogen-bond acceptors (Lipinski definition) is 3. The lowest BCUT2D eigenvalue weighted by Gasteiger charge is -2.13. The van der Waals surface area contributed by atoms with Crippen molar-refractivity contribution in [1.29, 1.82) is 0 Å². The molecule has 0 radical (unpaired) electrons. The van der Waals surface area contributed by atoms with E-state index < -0.39 is 0 Å². The van der Waals surface area contributed by atoms with Crippen LogP contribution < -0.4 is 5.32 Å². The highest BCUT2D eigenvalue weighted by Crippen LogP contribution is 2.21.